The summed E-state index contributed by atoms with van der Waals surface area (Å²) >= 11 is 0. The number of nitrogens with one attached hydrogen (secondary N) is 2. The van der Waals surface area contributed by atoms with Crippen LogP contribution in [0, 0.1) is 63.9 Å². The van der Waals surface area contributed by atoms with E-state index in [0.717, 1.165) is 38.2 Å². The molecule has 10 atom stereocenters. The first-order valence-corrected chi connectivity index (χ1v) is 17.7. The van der Waals surface area contributed by atoms with Crippen molar-refractivity contribution in [2.45, 2.75) is 103 Å². The molecule has 5 rings (SSSR count). The molecule has 3 N–H and O–H groups in total. The highest BCUT2D eigenvalue weighted by atomic mass is 32.2. The summed E-state index contributed by atoms with van der Waals surface area (Å²) in [5.74, 6) is -1.79. The van der Waals surface area contributed by atoms with Gasteiger partial charge >= 0.3 is 11.8 Å². The summed E-state index contributed by atoms with van der Waals surface area (Å²) in [5.41, 5.74) is 0.412. The molecule has 0 aliphatic heterocycles. The second kappa shape index (κ2) is 12.0. The van der Waals surface area contributed by atoms with E-state index in [1.807, 2.05) is 0 Å². The molecule has 4 aliphatic rings. The van der Waals surface area contributed by atoms with Crippen LogP contribution in [0.25, 0.3) is 0 Å². The molecule has 2 amide bonds. The molecule has 4 aliphatic carbocycles. The largest absolute Gasteiger partial charge is 0.393 e. The summed E-state index contributed by atoms with van der Waals surface area (Å²) in [6, 6.07) is 1.85. The Balaban J connectivity index is 1.20. The molecule has 7 nitrogen and oxygen atoms in total. The molecule has 4 saturated carbocycles. The van der Waals surface area contributed by atoms with Crippen molar-refractivity contribution in [2.24, 2.45) is 52.3 Å². The zero-order chi connectivity index (χ0) is 31.3. The lowest BCUT2D eigenvalue weighted by molar-refractivity contribution is -0.194. The zero-order valence-electron chi connectivity index (χ0n) is 25.9. The third kappa shape index (κ3) is 5.64. The molecule has 0 aromatic heterocycles. The van der Waals surface area contributed by atoms with Crippen LogP contribution in [0.5, 0.6) is 0 Å². The maximum absolute atomic E-state index is 13.9. The molecular weight excluding hydrogens is 574 g/mol. The lowest BCUT2D eigenvalue weighted by atomic mass is 9.41. The van der Waals surface area contributed by atoms with E-state index in [9.17, 15) is 31.9 Å². The number of halogens is 2. The van der Waals surface area contributed by atoms with Gasteiger partial charge < -0.3 is 10.4 Å². The number of fused-ring (bicyclic) bond motifs is 5. The van der Waals surface area contributed by atoms with Gasteiger partial charge in [0, 0.05) is 6.54 Å². The van der Waals surface area contributed by atoms with Crippen LogP contribution in [-0.4, -0.2) is 38.0 Å². The SMILES string of the molecule is CC[C@H]1[C@@H](O)[C@@H]2[C@H](CC[C@]3(C)[C@@H]([C@H](C)CCNC(=O)C(=O)NS(=O)(=O)c4cc(F)ccc4F)CC[C@@H]23)[C@@]2(C)CCCC[C@@H]12. The Labute approximate surface area is 255 Å². The van der Waals surface area contributed by atoms with Gasteiger partial charge in [-0.2, -0.15) is 0 Å². The Bertz CT molecular complexity index is 1340. The Kier molecular flexibility index (Phi) is 9.04. The molecule has 0 bridgehead atoms. The molecule has 0 heterocycles. The van der Waals surface area contributed by atoms with Crippen LogP contribution < -0.4 is 10.0 Å². The smallest absolute Gasteiger partial charge is 0.322 e. The quantitative estimate of drug-likeness (QED) is 0.345. The maximum Gasteiger partial charge on any atom is 0.322 e. The lowest BCUT2D eigenvalue weighted by Crippen LogP contribution is -2.61. The van der Waals surface area contributed by atoms with Crippen molar-refractivity contribution in [3.63, 3.8) is 0 Å². The van der Waals surface area contributed by atoms with Crippen LogP contribution in [0.2, 0.25) is 0 Å². The van der Waals surface area contributed by atoms with Crippen molar-refractivity contribution in [2.75, 3.05) is 6.54 Å². The van der Waals surface area contributed by atoms with E-state index in [2.05, 4.69) is 33.0 Å². The minimum atomic E-state index is -4.76. The molecule has 240 valence electrons. The van der Waals surface area contributed by atoms with Crippen LogP contribution in [-0.2, 0) is 19.6 Å². The lowest BCUT2D eigenvalue weighted by Gasteiger charge is -2.64. The van der Waals surface area contributed by atoms with E-state index in [0.29, 0.717) is 59.5 Å². The van der Waals surface area contributed by atoms with Crippen LogP contribution in [0.1, 0.15) is 91.9 Å². The maximum atomic E-state index is 13.9. The van der Waals surface area contributed by atoms with Crippen LogP contribution in [0.3, 0.4) is 0 Å². The highest BCUT2D eigenvalue weighted by molar-refractivity contribution is 7.90. The van der Waals surface area contributed by atoms with Crippen LogP contribution in [0.15, 0.2) is 23.1 Å². The Morgan fingerprint density at radius 3 is 2.44 bits per heavy atom. The standard InChI is InChI=1S/C33H48F2N2O5S/c1-5-21-23-8-6-7-15-32(23,3)25-13-16-33(4)22(10-11-24(33)28(25)29(21)38)19(2)14-17-36-30(39)31(40)37-43(41,42)27-18-20(34)9-12-26(27)35/h9,12,18-19,21-25,28-29,38H,5-8,10-11,13-17H2,1-4H3,(H,36,39)(H,37,40)/t19-,21-,22-,23+,24+,25+,28+,29-,32+,33-/m1/s1. The summed E-state index contributed by atoms with van der Waals surface area (Å²) in [6.07, 6.45) is 11.0. The van der Waals surface area contributed by atoms with Crippen molar-refractivity contribution >= 4 is 21.8 Å². The average Bonchev–Trinajstić information content (AvgIpc) is 3.31. The molecule has 0 radical (unpaired) electrons. The number of carbonyl (C=O) groups excluding carboxylic acids is 2. The summed E-state index contributed by atoms with van der Waals surface area (Å²) < 4.78 is 53.7. The van der Waals surface area contributed by atoms with Crippen LogP contribution >= 0.6 is 0 Å². The second-order valence-corrected chi connectivity index (χ2v) is 16.1. The highest BCUT2D eigenvalue weighted by Gasteiger charge is 2.64. The van der Waals surface area contributed by atoms with Gasteiger partial charge in [-0.05, 0) is 115 Å². The fraction of sp³-hybridized carbons (Fsp3) is 0.758. The van der Waals surface area contributed by atoms with Crippen molar-refractivity contribution in [1.82, 2.24) is 10.0 Å². The van der Waals surface area contributed by atoms with E-state index in [1.165, 1.54) is 30.4 Å². The van der Waals surface area contributed by atoms with Gasteiger partial charge in [0.2, 0.25) is 0 Å². The van der Waals surface area contributed by atoms with Gasteiger partial charge in [-0.3, -0.25) is 9.59 Å². The number of carbonyl (C=O) groups is 2. The number of amides is 2. The van der Waals surface area contributed by atoms with Crippen LogP contribution in [0.4, 0.5) is 8.78 Å². The molecule has 1 aromatic carbocycles. The minimum Gasteiger partial charge on any atom is -0.393 e. The first kappa shape index (κ1) is 32.3. The molecule has 0 spiro atoms. The normalized spacial score (nSPS) is 37.9. The minimum absolute atomic E-state index is 0.0994. The molecular formula is C33H48F2N2O5S. The summed E-state index contributed by atoms with van der Waals surface area (Å²) in [4.78, 5) is 23.7. The van der Waals surface area contributed by atoms with Gasteiger partial charge in [-0.25, -0.2) is 21.9 Å². The summed E-state index contributed by atoms with van der Waals surface area (Å²) in [5, 5.41) is 14.4. The third-order valence-electron chi connectivity index (χ3n) is 12.6. The van der Waals surface area contributed by atoms with E-state index in [-0.39, 0.29) is 24.0 Å². The van der Waals surface area contributed by atoms with Gasteiger partial charge in [-0.15, -0.1) is 0 Å². The molecule has 1 aromatic rings. The zero-order valence-corrected chi connectivity index (χ0v) is 26.7. The molecule has 43 heavy (non-hydrogen) atoms. The van der Waals surface area contributed by atoms with E-state index in [1.54, 1.807) is 0 Å². The number of hydrogen-bond donors (Lipinski definition) is 3. The van der Waals surface area contributed by atoms with Gasteiger partial charge in [0.1, 0.15) is 16.5 Å². The number of sulfonamides is 1. The topological polar surface area (TPSA) is 113 Å². The Morgan fingerprint density at radius 1 is 1.00 bits per heavy atom. The first-order valence-electron chi connectivity index (χ1n) is 16.2. The Hall–Kier alpha value is -2.07. The second-order valence-electron chi connectivity index (χ2n) is 14.5. The number of benzene rings is 1. The van der Waals surface area contributed by atoms with Crippen molar-refractivity contribution in [3.8, 4) is 0 Å². The fourth-order valence-corrected chi connectivity index (χ4v) is 11.7. The van der Waals surface area contributed by atoms with E-state index >= 15 is 0 Å². The van der Waals surface area contributed by atoms with Gasteiger partial charge in [0.15, 0.2) is 0 Å². The number of rotatable bonds is 7. The predicted molar refractivity (Wildman–Crippen MR) is 159 cm³/mol. The first-order chi connectivity index (χ1) is 20.2. The summed E-state index contributed by atoms with van der Waals surface area (Å²) in [7, 11) is -4.76. The molecule has 0 unspecified atom stereocenters. The Morgan fingerprint density at radius 2 is 1.72 bits per heavy atom. The average molecular weight is 623 g/mol. The number of aliphatic hydroxyl groups excluding tert-OH is 1. The highest BCUT2D eigenvalue weighted by Crippen LogP contribution is 2.69. The number of aliphatic hydroxyl groups is 1. The summed E-state index contributed by atoms with van der Waals surface area (Å²) in [6.45, 7) is 9.55. The van der Waals surface area contributed by atoms with Gasteiger partial charge in [-0.1, -0.05) is 47.0 Å². The fourth-order valence-electron chi connectivity index (χ4n) is 10.6. The third-order valence-corrected chi connectivity index (χ3v) is 13.9. The van der Waals surface area contributed by atoms with Gasteiger partial charge in [0.05, 0.1) is 6.10 Å². The molecule has 0 saturated heterocycles. The van der Waals surface area contributed by atoms with Gasteiger partial charge in [0.25, 0.3) is 10.0 Å². The monoisotopic (exact) mass is 622 g/mol. The van der Waals surface area contributed by atoms with Crippen molar-refractivity contribution in [1.29, 1.82) is 0 Å². The van der Waals surface area contributed by atoms with E-state index in [4.69, 9.17) is 0 Å². The van der Waals surface area contributed by atoms with E-state index < -0.39 is 38.4 Å². The van der Waals surface area contributed by atoms with Crippen molar-refractivity contribution in [3.05, 3.63) is 29.8 Å². The van der Waals surface area contributed by atoms with Crippen molar-refractivity contribution < 1.29 is 31.9 Å². The molecule has 4 fully saturated rings. The number of hydrogen-bond acceptors (Lipinski definition) is 5. The molecule has 10 heteroatoms. The predicted octanol–water partition coefficient (Wildman–Crippen LogP) is 5.57.